The van der Waals surface area contributed by atoms with E-state index in [-0.39, 0.29) is 35.4 Å². The Morgan fingerprint density at radius 3 is 2.32 bits per heavy atom. The van der Waals surface area contributed by atoms with E-state index in [4.69, 9.17) is 14.2 Å². The fraction of sp³-hybridized carbons (Fsp3) is 0.692. The van der Waals surface area contributed by atoms with Gasteiger partial charge in [0, 0.05) is 17.3 Å². The normalized spacial score (nSPS) is 52.5. The number of ketones is 2. The lowest BCUT2D eigenvalue weighted by Gasteiger charge is -2.66. The Balaban J connectivity index is 1.51. The van der Waals surface area contributed by atoms with Gasteiger partial charge in [0.2, 0.25) is 6.29 Å². The van der Waals surface area contributed by atoms with Crippen LogP contribution in [-0.2, 0) is 33.4 Å². The first-order valence-electron chi connectivity index (χ1n) is 12.0. The van der Waals surface area contributed by atoms with Gasteiger partial charge in [0.05, 0.1) is 11.0 Å². The lowest BCUT2D eigenvalue weighted by atomic mass is 9.36. The molecule has 4 fully saturated rings. The van der Waals surface area contributed by atoms with Gasteiger partial charge in [-0.15, -0.1) is 0 Å². The van der Waals surface area contributed by atoms with Crippen LogP contribution in [-0.4, -0.2) is 52.7 Å². The Morgan fingerprint density at radius 2 is 1.68 bits per heavy atom. The average Bonchev–Trinajstić information content (AvgIpc) is 3.45. The predicted molar refractivity (Wildman–Crippen MR) is 116 cm³/mol. The molecule has 9 unspecified atom stereocenters. The molecule has 9 atom stereocenters. The maximum Gasteiger partial charge on any atom is 0.340 e. The van der Waals surface area contributed by atoms with E-state index >= 15 is 0 Å². The molecule has 0 amide bonds. The summed E-state index contributed by atoms with van der Waals surface area (Å²) in [6.07, 6.45) is 3.02. The highest BCUT2D eigenvalue weighted by atomic mass is 16.7. The fourth-order valence-electron chi connectivity index (χ4n) is 8.74. The molecule has 8 nitrogen and oxygen atoms in total. The highest BCUT2D eigenvalue weighted by Crippen LogP contribution is 2.77. The van der Waals surface area contributed by atoms with Crippen molar-refractivity contribution in [3.63, 3.8) is 0 Å². The van der Waals surface area contributed by atoms with Gasteiger partial charge >= 0.3 is 11.9 Å². The molecular formula is C26H30O8. The molecule has 34 heavy (non-hydrogen) atoms. The van der Waals surface area contributed by atoms with Crippen LogP contribution in [0.2, 0.25) is 0 Å². The summed E-state index contributed by atoms with van der Waals surface area (Å²) in [6, 6.07) is 0. The van der Waals surface area contributed by atoms with Crippen molar-refractivity contribution in [1.82, 2.24) is 0 Å². The van der Waals surface area contributed by atoms with Crippen molar-refractivity contribution in [2.24, 2.45) is 33.5 Å². The van der Waals surface area contributed by atoms with Crippen molar-refractivity contribution in [3.05, 3.63) is 23.8 Å². The number of Topliss-reactive ketones (excluding diaryl/α,β-unsaturated/α-hetero) is 1. The molecule has 1 spiro atoms. The monoisotopic (exact) mass is 470 g/mol. The number of hydrogen-bond acceptors (Lipinski definition) is 8. The minimum absolute atomic E-state index is 0.0129. The van der Waals surface area contributed by atoms with Crippen molar-refractivity contribution in [1.29, 1.82) is 0 Å². The van der Waals surface area contributed by atoms with E-state index in [0.717, 1.165) is 0 Å². The minimum atomic E-state index is -1.39. The second-order valence-electron chi connectivity index (χ2n) is 12.1. The number of hydrogen-bond donors (Lipinski definition) is 1. The summed E-state index contributed by atoms with van der Waals surface area (Å²) in [5, 5.41) is 9.85. The highest BCUT2D eigenvalue weighted by molar-refractivity contribution is 5.99. The summed E-state index contributed by atoms with van der Waals surface area (Å²) in [6.45, 7) is 9.77. The molecule has 0 aromatic rings. The third-order valence-electron chi connectivity index (χ3n) is 10.6. The average molecular weight is 471 g/mol. The summed E-state index contributed by atoms with van der Waals surface area (Å²) >= 11 is 0. The molecule has 0 bridgehead atoms. The molecule has 8 heteroatoms. The Morgan fingerprint density at radius 1 is 0.971 bits per heavy atom. The summed E-state index contributed by atoms with van der Waals surface area (Å²) in [7, 11) is 0. The lowest BCUT2D eigenvalue weighted by molar-refractivity contribution is -0.205. The van der Waals surface area contributed by atoms with Crippen molar-refractivity contribution >= 4 is 23.5 Å². The Labute approximate surface area is 197 Å². The molecule has 3 aliphatic carbocycles. The molecular weight excluding hydrogens is 440 g/mol. The second kappa shape index (κ2) is 6.08. The predicted octanol–water partition coefficient (Wildman–Crippen LogP) is 2.03. The van der Waals surface area contributed by atoms with E-state index in [1.54, 1.807) is 6.08 Å². The Bertz CT molecular complexity index is 1130. The van der Waals surface area contributed by atoms with E-state index in [0.29, 0.717) is 12.8 Å². The molecule has 6 rings (SSSR count). The molecule has 0 aromatic carbocycles. The van der Waals surface area contributed by atoms with Crippen LogP contribution in [0.1, 0.15) is 53.9 Å². The number of rotatable bonds is 1. The Hall–Kier alpha value is -2.32. The first-order chi connectivity index (χ1) is 15.7. The third-order valence-corrected chi connectivity index (χ3v) is 10.6. The molecule has 6 aliphatic rings. The molecule has 0 radical (unpaired) electrons. The molecule has 2 saturated carbocycles. The highest BCUT2D eigenvalue weighted by Gasteiger charge is 2.88. The fourth-order valence-corrected chi connectivity index (χ4v) is 8.74. The van der Waals surface area contributed by atoms with E-state index in [9.17, 15) is 24.3 Å². The standard InChI is InChI=1S/C26H30O8/c1-22(2)14-11-16(28)25(5)13(23(14,3)8-7-15(22)27)6-9-24(4)18(12-10-17(29)32-20(12)30)33-21(31)19-26(24,25)34-19/h7-8,10,13-14,17-19,29H,6,9,11H2,1-5H3. The minimum Gasteiger partial charge on any atom is -0.454 e. The molecule has 182 valence electrons. The van der Waals surface area contributed by atoms with Crippen LogP contribution in [0.3, 0.4) is 0 Å². The van der Waals surface area contributed by atoms with Gasteiger partial charge in [-0.1, -0.05) is 33.8 Å². The van der Waals surface area contributed by atoms with Crippen molar-refractivity contribution < 1.29 is 38.5 Å². The maximum atomic E-state index is 14.1. The number of aliphatic hydroxyl groups is 1. The molecule has 3 heterocycles. The van der Waals surface area contributed by atoms with Crippen molar-refractivity contribution in [3.8, 4) is 0 Å². The number of epoxide rings is 1. The van der Waals surface area contributed by atoms with Crippen LogP contribution in [0, 0.1) is 33.5 Å². The van der Waals surface area contributed by atoms with E-state index in [1.165, 1.54) is 6.08 Å². The van der Waals surface area contributed by atoms with Gasteiger partial charge in [0.1, 0.15) is 17.5 Å². The zero-order valence-electron chi connectivity index (χ0n) is 20.0. The topological polar surface area (TPSA) is 120 Å². The molecule has 3 aliphatic heterocycles. The van der Waals surface area contributed by atoms with Crippen LogP contribution < -0.4 is 0 Å². The summed E-state index contributed by atoms with van der Waals surface area (Å²) < 4.78 is 16.9. The van der Waals surface area contributed by atoms with Crippen LogP contribution in [0.5, 0.6) is 0 Å². The largest absolute Gasteiger partial charge is 0.454 e. The molecule has 0 aromatic heterocycles. The number of allylic oxidation sites excluding steroid dienone is 2. The van der Waals surface area contributed by atoms with Gasteiger partial charge in [-0.3, -0.25) is 9.59 Å². The van der Waals surface area contributed by atoms with E-state index in [2.05, 4.69) is 6.92 Å². The number of carbonyl (C=O) groups is 4. The van der Waals surface area contributed by atoms with Crippen molar-refractivity contribution in [2.45, 2.75) is 78.0 Å². The van der Waals surface area contributed by atoms with Gasteiger partial charge < -0.3 is 19.3 Å². The zero-order valence-corrected chi connectivity index (χ0v) is 20.0. The van der Waals surface area contributed by atoms with E-state index in [1.807, 2.05) is 33.8 Å². The van der Waals surface area contributed by atoms with Gasteiger partial charge in [-0.05, 0) is 49.2 Å². The molecule has 2 saturated heterocycles. The SMILES string of the molecule is CC1(C)C(=O)C=CC2(C)C1CC(=O)C1(C)C2CCC2(C)C(C3=CC(O)OC3=O)OC(=O)C3OC321. The van der Waals surface area contributed by atoms with Gasteiger partial charge in [-0.25, -0.2) is 9.59 Å². The molecule has 1 N–H and O–H groups in total. The van der Waals surface area contributed by atoms with Gasteiger partial charge in [0.15, 0.2) is 11.9 Å². The number of aliphatic hydroxyl groups excluding tert-OH is 1. The number of cyclic esters (lactones) is 2. The maximum absolute atomic E-state index is 14.1. The summed E-state index contributed by atoms with van der Waals surface area (Å²) in [4.78, 5) is 52.4. The number of ether oxygens (including phenoxy) is 3. The first kappa shape index (κ1) is 22.2. The Kier molecular flexibility index (Phi) is 3.96. The van der Waals surface area contributed by atoms with Crippen molar-refractivity contribution in [2.75, 3.05) is 0 Å². The van der Waals surface area contributed by atoms with Crippen LogP contribution in [0.15, 0.2) is 23.8 Å². The second-order valence-corrected chi connectivity index (χ2v) is 12.1. The zero-order chi connectivity index (χ0) is 24.6. The van der Waals surface area contributed by atoms with Gasteiger partial charge in [-0.2, -0.15) is 0 Å². The summed E-state index contributed by atoms with van der Waals surface area (Å²) in [5.41, 5.74) is -4.04. The third kappa shape index (κ3) is 2.15. The van der Waals surface area contributed by atoms with Crippen LogP contribution >= 0.6 is 0 Å². The number of carbonyl (C=O) groups excluding carboxylic acids is 4. The smallest absolute Gasteiger partial charge is 0.340 e. The first-order valence-corrected chi connectivity index (χ1v) is 12.0. The summed E-state index contributed by atoms with van der Waals surface area (Å²) in [5.74, 6) is -1.64. The number of esters is 2. The van der Waals surface area contributed by atoms with Crippen LogP contribution in [0.25, 0.3) is 0 Å². The quantitative estimate of drug-likeness (QED) is 0.457. The van der Waals surface area contributed by atoms with Crippen LogP contribution in [0.4, 0.5) is 0 Å². The number of fused-ring (bicyclic) bond motifs is 3. The van der Waals surface area contributed by atoms with E-state index < -0.39 is 57.7 Å². The van der Waals surface area contributed by atoms with Gasteiger partial charge in [0.25, 0.3) is 0 Å². The lowest BCUT2D eigenvalue weighted by Crippen LogP contribution is -2.72.